The Hall–Kier alpha value is -1.38. The lowest BCUT2D eigenvalue weighted by Crippen LogP contribution is -2.47. The van der Waals surface area contributed by atoms with Gasteiger partial charge in [0.1, 0.15) is 0 Å². The number of nitriles is 1. The molecule has 0 unspecified atom stereocenters. The van der Waals surface area contributed by atoms with Crippen molar-refractivity contribution in [3.63, 3.8) is 0 Å². The molecule has 0 atom stereocenters. The third kappa shape index (κ3) is 3.34. The maximum Gasteiger partial charge on any atom is 0.241 e. The summed E-state index contributed by atoms with van der Waals surface area (Å²) in [6.07, 6.45) is 5.00. The first-order valence-corrected chi connectivity index (χ1v) is 7.98. The summed E-state index contributed by atoms with van der Waals surface area (Å²) in [5, 5.41) is 8.83. The van der Waals surface area contributed by atoms with Gasteiger partial charge in [-0.3, -0.25) is 0 Å². The first-order chi connectivity index (χ1) is 8.95. The van der Waals surface area contributed by atoms with Gasteiger partial charge in [0.15, 0.2) is 0 Å². The molecule has 1 aromatic rings. The standard InChI is InChI=1S/C14H18N2O2S/c1-14(8-3-2-4-9-14)16-19(17,18)13-7-5-6-12(10-13)11-15/h5-7,10,16H,2-4,8-9H2,1H3. The van der Waals surface area contributed by atoms with Gasteiger partial charge < -0.3 is 0 Å². The Morgan fingerprint density at radius 1 is 1.26 bits per heavy atom. The predicted molar refractivity (Wildman–Crippen MR) is 73.0 cm³/mol. The van der Waals surface area contributed by atoms with Crippen molar-refractivity contribution < 1.29 is 8.42 Å². The van der Waals surface area contributed by atoms with E-state index in [0.29, 0.717) is 5.56 Å². The summed E-state index contributed by atoms with van der Waals surface area (Å²) in [5.41, 5.74) is -0.00335. The molecule has 0 saturated heterocycles. The van der Waals surface area contributed by atoms with Crippen molar-refractivity contribution in [1.29, 1.82) is 5.26 Å². The highest BCUT2D eigenvalue weighted by Gasteiger charge is 2.32. The molecular formula is C14H18N2O2S. The minimum atomic E-state index is -3.55. The average molecular weight is 278 g/mol. The van der Waals surface area contributed by atoms with Crippen LogP contribution in [-0.4, -0.2) is 14.0 Å². The smallest absolute Gasteiger partial charge is 0.207 e. The Morgan fingerprint density at radius 3 is 2.58 bits per heavy atom. The summed E-state index contributed by atoms with van der Waals surface area (Å²) in [6.45, 7) is 1.96. The summed E-state index contributed by atoms with van der Waals surface area (Å²) in [7, 11) is -3.55. The number of nitrogens with zero attached hydrogens (tertiary/aromatic N) is 1. The van der Waals surface area contributed by atoms with Gasteiger partial charge in [-0.05, 0) is 38.0 Å². The molecule has 1 aliphatic rings. The number of hydrogen-bond acceptors (Lipinski definition) is 3. The second-order valence-corrected chi connectivity index (χ2v) is 7.05. The van der Waals surface area contributed by atoms with E-state index in [4.69, 9.17) is 5.26 Å². The van der Waals surface area contributed by atoms with Gasteiger partial charge >= 0.3 is 0 Å². The Bertz CT molecular complexity index is 596. The molecule has 102 valence electrons. The zero-order chi connectivity index (χ0) is 13.9. The molecule has 0 aromatic heterocycles. The molecule has 0 amide bonds. The maximum absolute atomic E-state index is 12.4. The number of benzene rings is 1. The van der Waals surface area contributed by atoms with E-state index >= 15 is 0 Å². The second kappa shape index (κ2) is 5.32. The van der Waals surface area contributed by atoms with E-state index in [2.05, 4.69) is 4.72 Å². The lowest BCUT2D eigenvalue weighted by molar-refractivity contribution is 0.294. The highest BCUT2D eigenvalue weighted by Crippen LogP contribution is 2.29. The van der Waals surface area contributed by atoms with Crippen molar-refractivity contribution in [2.45, 2.75) is 49.5 Å². The first kappa shape index (κ1) is 14.0. The molecule has 1 fully saturated rings. The zero-order valence-corrected chi connectivity index (χ0v) is 11.8. The van der Waals surface area contributed by atoms with E-state index in [-0.39, 0.29) is 10.4 Å². The van der Waals surface area contributed by atoms with Crippen molar-refractivity contribution in [1.82, 2.24) is 4.72 Å². The van der Waals surface area contributed by atoms with Gasteiger partial charge in [0.05, 0.1) is 16.5 Å². The molecule has 1 aromatic carbocycles. The van der Waals surface area contributed by atoms with Crippen molar-refractivity contribution >= 4 is 10.0 Å². The fraction of sp³-hybridized carbons (Fsp3) is 0.500. The fourth-order valence-corrected chi connectivity index (χ4v) is 4.06. The van der Waals surface area contributed by atoms with E-state index in [1.807, 2.05) is 13.0 Å². The predicted octanol–water partition coefficient (Wildman–Crippen LogP) is 2.56. The first-order valence-electron chi connectivity index (χ1n) is 6.49. The van der Waals surface area contributed by atoms with E-state index in [1.54, 1.807) is 12.1 Å². The molecule has 5 heteroatoms. The van der Waals surface area contributed by atoms with Crippen LogP contribution in [0.2, 0.25) is 0 Å². The lowest BCUT2D eigenvalue weighted by atomic mass is 9.84. The van der Waals surface area contributed by atoms with Crippen molar-refractivity contribution in [3.8, 4) is 6.07 Å². The van der Waals surface area contributed by atoms with Crippen LogP contribution in [-0.2, 0) is 10.0 Å². The topological polar surface area (TPSA) is 70.0 Å². The van der Waals surface area contributed by atoms with Gasteiger partial charge in [0.2, 0.25) is 10.0 Å². The van der Waals surface area contributed by atoms with Crippen LogP contribution < -0.4 is 4.72 Å². The van der Waals surface area contributed by atoms with Crippen LogP contribution in [0.5, 0.6) is 0 Å². The van der Waals surface area contributed by atoms with E-state index in [0.717, 1.165) is 25.7 Å². The van der Waals surface area contributed by atoms with Crippen molar-refractivity contribution in [3.05, 3.63) is 29.8 Å². The minimum Gasteiger partial charge on any atom is -0.207 e. The normalized spacial score (nSPS) is 18.7. The summed E-state index contributed by atoms with van der Waals surface area (Å²) >= 11 is 0. The van der Waals surface area contributed by atoms with Crippen LogP contribution in [0.1, 0.15) is 44.6 Å². The summed E-state index contributed by atoms with van der Waals surface area (Å²) in [5.74, 6) is 0. The SMILES string of the molecule is CC1(NS(=O)(=O)c2cccc(C#N)c2)CCCCC1. The van der Waals surface area contributed by atoms with E-state index in [9.17, 15) is 8.42 Å². The van der Waals surface area contributed by atoms with Gasteiger partial charge in [0.25, 0.3) is 0 Å². The molecule has 1 saturated carbocycles. The second-order valence-electron chi connectivity index (χ2n) is 5.37. The highest BCUT2D eigenvalue weighted by molar-refractivity contribution is 7.89. The third-order valence-corrected chi connectivity index (χ3v) is 5.25. The molecular weight excluding hydrogens is 260 g/mol. The van der Waals surface area contributed by atoms with Crippen LogP contribution in [0.3, 0.4) is 0 Å². The molecule has 0 radical (unpaired) electrons. The zero-order valence-electron chi connectivity index (χ0n) is 11.0. The minimum absolute atomic E-state index is 0.165. The van der Waals surface area contributed by atoms with E-state index < -0.39 is 10.0 Å². The van der Waals surface area contributed by atoms with Gasteiger partial charge in [0, 0.05) is 5.54 Å². The highest BCUT2D eigenvalue weighted by atomic mass is 32.2. The van der Waals surface area contributed by atoms with Gasteiger partial charge in [-0.25, -0.2) is 13.1 Å². The third-order valence-electron chi connectivity index (χ3n) is 3.61. The molecule has 0 aliphatic heterocycles. The average Bonchev–Trinajstić information content (AvgIpc) is 2.38. The van der Waals surface area contributed by atoms with Gasteiger partial charge in [-0.1, -0.05) is 25.3 Å². The maximum atomic E-state index is 12.4. The fourth-order valence-electron chi connectivity index (χ4n) is 2.55. The van der Waals surface area contributed by atoms with Gasteiger partial charge in [-0.15, -0.1) is 0 Å². The Kier molecular flexibility index (Phi) is 3.93. The summed E-state index contributed by atoms with van der Waals surface area (Å²) in [4.78, 5) is 0.165. The van der Waals surface area contributed by atoms with E-state index in [1.165, 1.54) is 18.6 Å². The Labute approximate surface area is 114 Å². The van der Waals surface area contributed by atoms with Crippen molar-refractivity contribution in [2.24, 2.45) is 0 Å². The summed E-state index contributed by atoms with van der Waals surface area (Å²) < 4.78 is 27.5. The number of hydrogen-bond donors (Lipinski definition) is 1. The lowest BCUT2D eigenvalue weighted by Gasteiger charge is -2.34. The van der Waals surface area contributed by atoms with Crippen LogP contribution in [0.25, 0.3) is 0 Å². The van der Waals surface area contributed by atoms with Crippen LogP contribution in [0.4, 0.5) is 0 Å². The molecule has 0 spiro atoms. The van der Waals surface area contributed by atoms with Crippen molar-refractivity contribution in [2.75, 3.05) is 0 Å². The molecule has 0 heterocycles. The number of nitrogens with one attached hydrogen (secondary N) is 1. The molecule has 1 aliphatic carbocycles. The summed E-state index contributed by atoms with van der Waals surface area (Å²) in [6, 6.07) is 8.09. The molecule has 0 bridgehead atoms. The Balaban J connectivity index is 2.25. The van der Waals surface area contributed by atoms with Gasteiger partial charge in [-0.2, -0.15) is 5.26 Å². The number of sulfonamides is 1. The van der Waals surface area contributed by atoms with Crippen LogP contribution >= 0.6 is 0 Å². The largest absolute Gasteiger partial charge is 0.241 e. The Morgan fingerprint density at radius 2 is 1.95 bits per heavy atom. The monoisotopic (exact) mass is 278 g/mol. The molecule has 4 nitrogen and oxygen atoms in total. The molecule has 19 heavy (non-hydrogen) atoms. The van der Waals surface area contributed by atoms with Crippen LogP contribution in [0.15, 0.2) is 29.2 Å². The van der Waals surface area contributed by atoms with Crippen LogP contribution in [0, 0.1) is 11.3 Å². The molecule has 2 rings (SSSR count). The quantitative estimate of drug-likeness (QED) is 0.923. The number of rotatable bonds is 3. The molecule has 1 N–H and O–H groups in total.